The number of benzene rings is 1. The number of hydrogen-bond acceptors (Lipinski definition) is 12. The number of methoxy groups -OCH3 is 1. The Hall–Kier alpha value is -3.28. The number of carbonyl (C=O) groups is 1. The molecule has 0 aliphatic carbocycles. The molecule has 0 bridgehead atoms. The summed E-state index contributed by atoms with van der Waals surface area (Å²) in [5.41, 5.74) is 4.00. The van der Waals surface area contributed by atoms with Crippen molar-refractivity contribution in [1.82, 2.24) is 24.6 Å². The molecule has 0 amide bonds. The third-order valence-electron chi connectivity index (χ3n) is 5.65. The number of nitrogens with two attached hydrogens (primary N) is 1. The largest absolute Gasteiger partial charge is 0.468 e. The lowest BCUT2D eigenvalue weighted by atomic mass is 9.95. The van der Waals surface area contributed by atoms with E-state index >= 15 is 0 Å². The highest BCUT2D eigenvalue weighted by Crippen LogP contribution is 2.47. The number of aliphatic hydroxyl groups is 2. The van der Waals surface area contributed by atoms with E-state index in [1.165, 1.54) is 43.4 Å². The monoisotopic (exact) mass is 566 g/mol. The molecule has 2 aromatic heterocycles. The van der Waals surface area contributed by atoms with Crippen molar-refractivity contribution in [3.8, 4) is 17.0 Å². The van der Waals surface area contributed by atoms with Gasteiger partial charge in [-0.05, 0) is 36.6 Å². The van der Waals surface area contributed by atoms with E-state index in [1.54, 1.807) is 18.2 Å². The minimum absolute atomic E-state index is 0.0870. The SMILES string of the molecule is COC(=O)[C@H](C)NP(=O)(OC[C@H]1O[C@@H](n2cnc3c(N)ncnc32)[C@@](O)(C#CCl)[C@@H]1O)Oc1ccccc1. The molecular weight excluding hydrogens is 543 g/mol. The second kappa shape index (κ2) is 11.2. The zero-order valence-corrected chi connectivity index (χ0v) is 21.7. The molecule has 14 nitrogen and oxygen atoms in total. The van der Waals surface area contributed by atoms with Gasteiger partial charge in [-0.3, -0.25) is 13.9 Å². The van der Waals surface area contributed by atoms with Crippen LogP contribution in [0, 0.1) is 11.3 Å². The highest BCUT2D eigenvalue weighted by molar-refractivity contribution is 7.52. The summed E-state index contributed by atoms with van der Waals surface area (Å²) < 4.78 is 36.6. The Labute approximate surface area is 221 Å². The van der Waals surface area contributed by atoms with Crippen LogP contribution in [0.3, 0.4) is 0 Å². The zero-order chi connectivity index (χ0) is 27.5. The van der Waals surface area contributed by atoms with Crippen LogP contribution in [0.1, 0.15) is 13.2 Å². The smallest absolute Gasteiger partial charge is 0.459 e. The lowest BCUT2D eigenvalue weighted by Crippen LogP contribution is -2.46. The number of anilines is 1. The van der Waals surface area contributed by atoms with E-state index in [2.05, 4.69) is 36.1 Å². The van der Waals surface area contributed by atoms with Crippen molar-refractivity contribution in [1.29, 1.82) is 0 Å². The van der Waals surface area contributed by atoms with Crippen LogP contribution in [0.4, 0.5) is 5.82 Å². The fourth-order valence-electron chi connectivity index (χ4n) is 3.78. The third kappa shape index (κ3) is 5.45. The molecule has 16 heteroatoms. The number of imidazole rings is 1. The summed E-state index contributed by atoms with van der Waals surface area (Å²) in [5.74, 6) is 1.90. The lowest BCUT2D eigenvalue weighted by Gasteiger charge is -2.26. The van der Waals surface area contributed by atoms with E-state index in [0.29, 0.717) is 0 Å². The second-order valence-electron chi connectivity index (χ2n) is 8.17. The number of para-hydroxylation sites is 1. The van der Waals surface area contributed by atoms with Gasteiger partial charge in [0.1, 0.15) is 35.8 Å². The molecule has 0 saturated carbocycles. The van der Waals surface area contributed by atoms with Gasteiger partial charge >= 0.3 is 13.7 Å². The maximum Gasteiger partial charge on any atom is 0.459 e. The van der Waals surface area contributed by atoms with E-state index in [0.717, 1.165) is 0 Å². The molecule has 202 valence electrons. The van der Waals surface area contributed by atoms with Crippen molar-refractivity contribution in [2.75, 3.05) is 19.5 Å². The normalized spacial score (nSPS) is 25.2. The first-order valence-electron chi connectivity index (χ1n) is 11.1. The fraction of sp³-hybridized carbons (Fsp3) is 0.364. The summed E-state index contributed by atoms with van der Waals surface area (Å²) >= 11 is 5.59. The number of aliphatic hydroxyl groups excluding tert-OH is 1. The zero-order valence-electron chi connectivity index (χ0n) is 20.1. The van der Waals surface area contributed by atoms with Crippen LogP contribution in [0.5, 0.6) is 5.75 Å². The van der Waals surface area contributed by atoms with Crippen molar-refractivity contribution in [2.24, 2.45) is 0 Å². The second-order valence-corrected chi connectivity index (χ2v) is 10.1. The van der Waals surface area contributed by atoms with Crippen molar-refractivity contribution < 1.29 is 38.1 Å². The standard InChI is InChI=1S/C22H24ClN6O8P/c1-13(20(31)34-2)28-38(33,37-14-6-4-3-5-7-14)35-10-15-17(30)22(32,8-9-23)21(36-15)29-12-27-16-18(24)25-11-26-19(16)29/h3-7,11-13,15,17,21,30,32H,10H2,1-2H3,(H,28,33)(H2,24,25,26)/t13-,15+,17+,21+,22+,38?/m0/s1. The predicted octanol–water partition coefficient (Wildman–Crippen LogP) is 0.952. The lowest BCUT2D eigenvalue weighted by molar-refractivity contribution is -0.142. The topological polar surface area (TPSA) is 193 Å². The molecule has 0 spiro atoms. The number of ether oxygens (including phenoxy) is 2. The summed E-state index contributed by atoms with van der Waals surface area (Å²) in [6, 6.07) is 7.00. The molecule has 1 saturated heterocycles. The number of fused-ring (bicyclic) bond motifs is 1. The molecule has 1 aliphatic heterocycles. The van der Waals surface area contributed by atoms with E-state index < -0.39 is 50.4 Å². The van der Waals surface area contributed by atoms with Crippen LogP contribution in [0.25, 0.3) is 11.2 Å². The molecule has 6 atom stereocenters. The van der Waals surface area contributed by atoms with Crippen LogP contribution in [0.15, 0.2) is 43.0 Å². The quantitative estimate of drug-likeness (QED) is 0.163. The van der Waals surface area contributed by atoms with E-state index in [4.69, 9.17) is 31.1 Å². The van der Waals surface area contributed by atoms with Crippen molar-refractivity contribution in [2.45, 2.75) is 37.0 Å². The summed E-state index contributed by atoms with van der Waals surface area (Å²) in [6.45, 7) is 0.832. The number of nitrogens with one attached hydrogen (secondary N) is 1. The molecule has 1 fully saturated rings. The Balaban J connectivity index is 1.61. The molecular formula is C22H24ClN6O8P. The highest BCUT2D eigenvalue weighted by atomic mass is 35.5. The molecule has 1 aromatic carbocycles. The van der Waals surface area contributed by atoms with Crippen molar-refractivity contribution in [3.63, 3.8) is 0 Å². The van der Waals surface area contributed by atoms with Gasteiger partial charge in [-0.15, -0.1) is 0 Å². The Kier molecular flexibility index (Phi) is 8.19. The number of aromatic nitrogens is 4. The van der Waals surface area contributed by atoms with E-state index in [9.17, 15) is 19.6 Å². The van der Waals surface area contributed by atoms with Crippen LogP contribution in [0.2, 0.25) is 0 Å². The Morgan fingerprint density at radius 2 is 2.11 bits per heavy atom. The maximum absolute atomic E-state index is 13.6. The van der Waals surface area contributed by atoms with Gasteiger partial charge in [-0.1, -0.05) is 18.2 Å². The summed E-state index contributed by atoms with van der Waals surface area (Å²) in [5, 5.41) is 26.9. The first-order valence-corrected chi connectivity index (χ1v) is 13.0. The fourth-order valence-corrected chi connectivity index (χ4v) is 5.44. The third-order valence-corrected chi connectivity index (χ3v) is 7.39. The molecule has 1 aliphatic rings. The van der Waals surface area contributed by atoms with Gasteiger partial charge in [0.15, 0.2) is 17.7 Å². The number of esters is 1. The van der Waals surface area contributed by atoms with Crippen LogP contribution < -0.4 is 15.3 Å². The minimum atomic E-state index is -4.27. The summed E-state index contributed by atoms with van der Waals surface area (Å²) in [4.78, 5) is 24.1. The van der Waals surface area contributed by atoms with Crippen LogP contribution in [-0.2, 0) is 23.4 Å². The minimum Gasteiger partial charge on any atom is -0.468 e. The first kappa shape index (κ1) is 27.7. The average molecular weight is 567 g/mol. The molecule has 0 radical (unpaired) electrons. The van der Waals surface area contributed by atoms with Gasteiger partial charge in [-0.2, -0.15) is 5.09 Å². The van der Waals surface area contributed by atoms with Crippen LogP contribution in [-0.4, -0.2) is 73.3 Å². The number of hydrogen-bond donors (Lipinski definition) is 4. The first-order chi connectivity index (χ1) is 18.1. The van der Waals surface area contributed by atoms with Gasteiger partial charge in [0.25, 0.3) is 0 Å². The molecule has 38 heavy (non-hydrogen) atoms. The van der Waals surface area contributed by atoms with E-state index in [1.807, 2.05) is 0 Å². The number of rotatable bonds is 9. The molecule has 1 unspecified atom stereocenters. The molecule has 4 rings (SSSR count). The average Bonchev–Trinajstić information content (AvgIpc) is 3.43. The highest BCUT2D eigenvalue weighted by Gasteiger charge is 2.57. The molecule has 3 aromatic rings. The number of carbonyl (C=O) groups excluding carboxylic acids is 1. The summed E-state index contributed by atoms with van der Waals surface area (Å²) in [6.07, 6.45) is -1.92. The predicted molar refractivity (Wildman–Crippen MR) is 133 cm³/mol. The van der Waals surface area contributed by atoms with Gasteiger partial charge in [0.05, 0.1) is 20.0 Å². The Morgan fingerprint density at radius 1 is 1.37 bits per heavy atom. The Bertz CT molecular complexity index is 1420. The Morgan fingerprint density at radius 3 is 2.79 bits per heavy atom. The van der Waals surface area contributed by atoms with Gasteiger partial charge in [-0.25, -0.2) is 19.5 Å². The van der Waals surface area contributed by atoms with Crippen molar-refractivity contribution >= 4 is 42.3 Å². The van der Waals surface area contributed by atoms with Crippen molar-refractivity contribution in [3.05, 3.63) is 43.0 Å². The number of nitrogen functional groups attached to an aromatic ring is 1. The molecule has 3 heterocycles. The van der Waals surface area contributed by atoms with Crippen LogP contribution >= 0.6 is 19.3 Å². The van der Waals surface area contributed by atoms with Gasteiger partial charge in [0.2, 0.25) is 5.60 Å². The van der Waals surface area contributed by atoms with Gasteiger partial charge < -0.3 is 29.9 Å². The van der Waals surface area contributed by atoms with Gasteiger partial charge in [0, 0.05) is 5.38 Å². The van der Waals surface area contributed by atoms with E-state index in [-0.39, 0.29) is 22.7 Å². The molecule has 5 N–H and O–H groups in total. The number of nitrogens with zero attached hydrogens (tertiary/aromatic N) is 4. The maximum atomic E-state index is 13.6. The number of halogens is 1. The summed E-state index contributed by atoms with van der Waals surface area (Å²) in [7, 11) is -3.10.